The number of hydrogen-bond donors (Lipinski definition) is 0. The van der Waals surface area contributed by atoms with E-state index >= 15 is 0 Å². The molecule has 0 radical (unpaired) electrons. The van der Waals surface area contributed by atoms with Gasteiger partial charge < -0.3 is 0 Å². The van der Waals surface area contributed by atoms with Crippen LogP contribution in [0.15, 0.2) is 73.3 Å². The summed E-state index contributed by atoms with van der Waals surface area (Å²) in [5.41, 5.74) is 2.17. The van der Waals surface area contributed by atoms with Gasteiger partial charge in [-0.3, -0.25) is 4.79 Å². The van der Waals surface area contributed by atoms with Gasteiger partial charge in [-0.2, -0.15) is 0 Å². The van der Waals surface area contributed by atoms with E-state index in [9.17, 15) is 4.79 Å². The molecule has 2 rings (SSSR count). The molecule has 0 bridgehead atoms. The van der Waals surface area contributed by atoms with E-state index in [4.69, 9.17) is 0 Å². The molecule has 0 aliphatic rings. The van der Waals surface area contributed by atoms with Gasteiger partial charge in [0.05, 0.1) is 5.92 Å². The van der Waals surface area contributed by atoms with E-state index in [0.717, 1.165) is 11.1 Å². The molecule has 0 spiro atoms. The van der Waals surface area contributed by atoms with Gasteiger partial charge in [-0.15, -0.1) is 6.58 Å². The zero-order chi connectivity index (χ0) is 13.7. The topological polar surface area (TPSA) is 17.1 Å². The third-order valence-corrected chi connectivity index (χ3v) is 3.39. The summed E-state index contributed by atoms with van der Waals surface area (Å²) in [5, 5.41) is 0. The van der Waals surface area contributed by atoms with Gasteiger partial charge in [0.2, 0.25) is 0 Å². The molecule has 2 atom stereocenters. The monoisotopic (exact) mass is 250 g/mol. The Morgan fingerprint density at radius 1 is 0.947 bits per heavy atom. The van der Waals surface area contributed by atoms with Crippen molar-refractivity contribution in [2.45, 2.75) is 18.8 Å². The largest absolute Gasteiger partial charge is 0.299 e. The minimum Gasteiger partial charge on any atom is -0.299 e. The van der Waals surface area contributed by atoms with Gasteiger partial charge in [-0.25, -0.2) is 0 Å². The number of carbonyl (C=O) groups is 1. The first-order chi connectivity index (χ1) is 9.24. The predicted molar refractivity (Wildman–Crippen MR) is 79.2 cm³/mol. The molecule has 2 aromatic carbocycles. The first-order valence-corrected chi connectivity index (χ1v) is 6.47. The van der Waals surface area contributed by atoms with Crippen LogP contribution in [0.4, 0.5) is 0 Å². The second-order valence-electron chi connectivity index (χ2n) is 4.67. The smallest absolute Gasteiger partial charge is 0.138 e. The quantitative estimate of drug-likeness (QED) is 0.722. The summed E-state index contributed by atoms with van der Waals surface area (Å²) in [5.74, 6) is 0.0159. The van der Waals surface area contributed by atoms with Crippen molar-refractivity contribution in [1.82, 2.24) is 0 Å². The third-order valence-electron chi connectivity index (χ3n) is 3.39. The molecule has 0 aliphatic carbocycles. The van der Waals surface area contributed by atoms with Crippen LogP contribution in [-0.2, 0) is 4.79 Å². The maximum absolute atomic E-state index is 12.1. The van der Waals surface area contributed by atoms with E-state index in [-0.39, 0.29) is 17.6 Å². The number of carbonyl (C=O) groups excluding carboxylic acids is 1. The third kappa shape index (κ3) is 3.00. The van der Waals surface area contributed by atoms with E-state index in [1.807, 2.05) is 66.7 Å². The van der Waals surface area contributed by atoms with Gasteiger partial charge in [0.1, 0.15) is 5.78 Å². The molecule has 0 aromatic heterocycles. The molecule has 2 aromatic rings. The highest BCUT2D eigenvalue weighted by molar-refractivity contribution is 5.85. The Balaban J connectivity index is 2.43. The number of allylic oxidation sites excluding steroid dienone is 1. The van der Waals surface area contributed by atoms with E-state index in [0.29, 0.717) is 0 Å². The van der Waals surface area contributed by atoms with Crippen molar-refractivity contribution in [3.8, 4) is 0 Å². The van der Waals surface area contributed by atoms with E-state index in [2.05, 4.69) is 6.58 Å². The molecular weight excluding hydrogens is 232 g/mol. The van der Waals surface area contributed by atoms with Crippen molar-refractivity contribution < 1.29 is 4.79 Å². The van der Waals surface area contributed by atoms with Crippen LogP contribution in [0.1, 0.15) is 29.9 Å². The summed E-state index contributed by atoms with van der Waals surface area (Å²) in [7, 11) is 0. The number of rotatable bonds is 5. The highest BCUT2D eigenvalue weighted by Crippen LogP contribution is 2.34. The standard InChI is InChI=1S/C18H18O/c1-3-17(15-10-6-4-7-11-15)18(14(2)19)16-12-8-5-9-13-16/h3-13,17-18H,1H2,2H3/t17-,18+/m0/s1. The fourth-order valence-electron chi connectivity index (χ4n) is 2.50. The van der Waals surface area contributed by atoms with Crippen LogP contribution in [0.25, 0.3) is 0 Å². The maximum Gasteiger partial charge on any atom is 0.138 e. The summed E-state index contributed by atoms with van der Waals surface area (Å²) in [6, 6.07) is 20.0. The van der Waals surface area contributed by atoms with E-state index in [1.165, 1.54) is 0 Å². The molecule has 1 nitrogen and oxygen atoms in total. The molecule has 0 N–H and O–H groups in total. The molecule has 96 valence electrons. The zero-order valence-electron chi connectivity index (χ0n) is 11.1. The van der Waals surface area contributed by atoms with Crippen LogP contribution in [-0.4, -0.2) is 5.78 Å². The van der Waals surface area contributed by atoms with Crippen LogP contribution in [0.3, 0.4) is 0 Å². The fraction of sp³-hybridized carbons (Fsp3) is 0.167. The highest BCUT2D eigenvalue weighted by Gasteiger charge is 2.26. The second kappa shape index (κ2) is 6.14. The lowest BCUT2D eigenvalue weighted by Gasteiger charge is -2.23. The van der Waals surface area contributed by atoms with Gasteiger partial charge in [0, 0.05) is 5.92 Å². The van der Waals surface area contributed by atoms with Gasteiger partial charge in [-0.1, -0.05) is 66.7 Å². The molecule has 0 heterocycles. The number of benzene rings is 2. The Labute approximate surface area is 114 Å². The molecule has 0 fully saturated rings. The van der Waals surface area contributed by atoms with E-state index in [1.54, 1.807) is 6.92 Å². The summed E-state index contributed by atoms with van der Waals surface area (Å²) in [6.45, 7) is 5.56. The van der Waals surface area contributed by atoms with Crippen molar-refractivity contribution in [3.63, 3.8) is 0 Å². The van der Waals surface area contributed by atoms with Crippen molar-refractivity contribution in [1.29, 1.82) is 0 Å². The molecule has 19 heavy (non-hydrogen) atoms. The number of hydrogen-bond acceptors (Lipinski definition) is 1. The molecule has 0 aliphatic heterocycles. The van der Waals surface area contributed by atoms with Crippen molar-refractivity contribution >= 4 is 5.78 Å². The van der Waals surface area contributed by atoms with Gasteiger partial charge in [0.15, 0.2) is 0 Å². The lowest BCUT2D eigenvalue weighted by Crippen LogP contribution is -2.17. The van der Waals surface area contributed by atoms with E-state index < -0.39 is 0 Å². The SMILES string of the molecule is C=C[C@@H](c1ccccc1)[C@H](C(C)=O)c1ccccc1. The molecule has 0 amide bonds. The fourth-order valence-corrected chi connectivity index (χ4v) is 2.50. The van der Waals surface area contributed by atoms with Crippen molar-refractivity contribution in [2.75, 3.05) is 0 Å². The van der Waals surface area contributed by atoms with Gasteiger partial charge in [-0.05, 0) is 18.1 Å². The molecule has 1 heteroatoms. The first kappa shape index (κ1) is 13.3. The molecule has 0 saturated carbocycles. The van der Waals surface area contributed by atoms with Gasteiger partial charge >= 0.3 is 0 Å². The molecule has 0 unspecified atom stereocenters. The minimum atomic E-state index is -0.166. The maximum atomic E-state index is 12.1. The Morgan fingerprint density at radius 2 is 1.42 bits per heavy atom. The van der Waals surface area contributed by atoms with Crippen LogP contribution in [0.5, 0.6) is 0 Å². The van der Waals surface area contributed by atoms with Crippen molar-refractivity contribution in [2.24, 2.45) is 0 Å². The lowest BCUT2D eigenvalue weighted by molar-refractivity contribution is -0.118. The van der Waals surface area contributed by atoms with Gasteiger partial charge in [0.25, 0.3) is 0 Å². The Morgan fingerprint density at radius 3 is 1.84 bits per heavy atom. The lowest BCUT2D eigenvalue weighted by atomic mass is 9.79. The average Bonchev–Trinajstić information content (AvgIpc) is 2.46. The van der Waals surface area contributed by atoms with Crippen LogP contribution in [0.2, 0.25) is 0 Å². The normalized spacial score (nSPS) is 13.5. The summed E-state index contributed by atoms with van der Waals surface area (Å²) in [4.78, 5) is 12.1. The summed E-state index contributed by atoms with van der Waals surface area (Å²) >= 11 is 0. The molecular formula is C18H18O. The summed E-state index contributed by atoms with van der Waals surface area (Å²) in [6.07, 6.45) is 1.87. The Bertz CT molecular complexity index is 542. The summed E-state index contributed by atoms with van der Waals surface area (Å²) < 4.78 is 0. The first-order valence-electron chi connectivity index (χ1n) is 6.47. The van der Waals surface area contributed by atoms with Crippen LogP contribution >= 0.6 is 0 Å². The van der Waals surface area contributed by atoms with Crippen molar-refractivity contribution in [3.05, 3.63) is 84.4 Å². The second-order valence-corrected chi connectivity index (χ2v) is 4.67. The average molecular weight is 250 g/mol. The Kier molecular flexibility index (Phi) is 4.30. The molecule has 0 saturated heterocycles. The zero-order valence-corrected chi connectivity index (χ0v) is 11.1. The Hall–Kier alpha value is -2.15. The van der Waals surface area contributed by atoms with Crippen LogP contribution in [0, 0.1) is 0 Å². The minimum absolute atomic E-state index is 0.0149. The number of Topliss-reactive ketones (excluding diaryl/α,β-unsaturated/α-hetero) is 1. The highest BCUT2D eigenvalue weighted by atomic mass is 16.1. The van der Waals surface area contributed by atoms with Crippen LogP contribution < -0.4 is 0 Å². The number of ketones is 1. The predicted octanol–water partition coefficient (Wildman–Crippen LogP) is 4.33.